The molecule has 8 atom stereocenters. The van der Waals surface area contributed by atoms with Crippen LogP contribution in [0.5, 0.6) is 0 Å². The van der Waals surface area contributed by atoms with Gasteiger partial charge >= 0.3 is 11.9 Å². The number of rotatable bonds is 9. The number of carbonyl (C=O) groups is 3. The molecule has 0 aromatic rings. The van der Waals surface area contributed by atoms with Gasteiger partial charge in [-0.3, -0.25) is 14.4 Å². The van der Waals surface area contributed by atoms with Crippen molar-refractivity contribution in [3.63, 3.8) is 0 Å². The first-order valence-corrected chi connectivity index (χ1v) is 13.8. The van der Waals surface area contributed by atoms with E-state index in [1.165, 1.54) is 6.92 Å². The van der Waals surface area contributed by atoms with Crippen LogP contribution in [0.3, 0.4) is 0 Å². The van der Waals surface area contributed by atoms with Gasteiger partial charge in [0.1, 0.15) is 23.6 Å². The minimum atomic E-state index is -1.34. The zero-order chi connectivity index (χ0) is 29.5. The third-order valence-electron chi connectivity index (χ3n) is 7.46. The summed E-state index contributed by atoms with van der Waals surface area (Å²) in [5.74, 6) is -1.27. The first-order chi connectivity index (χ1) is 18.1. The number of ketones is 1. The highest BCUT2D eigenvalue weighted by molar-refractivity contribution is 5.81. The fraction of sp³-hybridized carbons (Fsp3) is 0.645. The Bertz CT molecular complexity index is 1000. The Kier molecular flexibility index (Phi) is 11.5. The quantitative estimate of drug-likeness (QED) is 0.187. The first kappa shape index (κ1) is 32.7. The molecule has 2 aliphatic heterocycles. The van der Waals surface area contributed by atoms with Crippen molar-refractivity contribution in [1.29, 1.82) is 0 Å². The lowest BCUT2D eigenvalue weighted by Gasteiger charge is -2.32. The Morgan fingerprint density at radius 2 is 2.00 bits per heavy atom. The van der Waals surface area contributed by atoms with Gasteiger partial charge in [0.15, 0.2) is 0 Å². The fourth-order valence-electron chi connectivity index (χ4n) is 4.84. The maximum Gasteiger partial charge on any atom is 0.310 e. The standard InChI is InChI=1S/C31H46O8/c1-9-24(33)22(5)29-25(38-29)18-30(7,35)15-10-11-20(3)28-21(4)12-13-26(37-23(6)32)31(8,36)16-14-19(2)17-27(34)39-28/h10-13,15,21-22,25-26,28-29,35-36H,2,9,14,16-18H2,1,3-8H3/b13-12+,15-10+,20-11+/t21-,22+,25+,26-,28+,29+,30-,31+/m0/s1. The number of hydrogen-bond acceptors (Lipinski definition) is 8. The summed E-state index contributed by atoms with van der Waals surface area (Å²) in [5, 5.41) is 21.9. The Hall–Kier alpha value is -2.55. The van der Waals surface area contributed by atoms with Crippen LogP contribution in [0.4, 0.5) is 0 Å². The molecule has 2 heterocycles. The molecule has 0 aromatic heterocycles. The molecule has 0 saturated carbocycles. The van der Waals surface area contributed by atoms with E-state index in [9.17, 15) is 24.6 Å². The third-order valence-corrected chi connectivity index (χ3v) is 7.46. The van der Waals surface area contributed by atoms with Gasteiger partial charge in [0, 0.05) is 31.6 Å². The summed E-state index contributed by atoms with van der Waals surface area (Å²) in [6.07, 6.45) is 8.22. The van der Waals surface area contributed by atoms with Crippen LogP contribution in [-0.2, 0) is 28.6 Å². The number of ether oxygens (including phenoxy) is 3. The van der Waals surface area contributed by atoms with Crippen LogP contribution in [0, 0.1) is 11.8 Å². The molecule has 0 aliphatic carbocycles. The second kappa shape index (κ2) is 13.7. The Morgan fingerprint density at radius 1 is 1.33 bits per heavy atom. The second-order valence-corrected chi connectivity index (χ2v) is 11.5. The molecule has 0 radical (unpaired) electrons. The molecule has 218 valence electrons. The van der Waals surface area contributed by atoms with Crippen LogP contribution in [0.1, 0.15) is 80.6 Å². The Balaban J connectivity index is 2.19. The minimum absolute atomic E-state index is 0.0145. The van der Waals surface area contributed by atoms with Gasteiger partial charge in [-0.1, -0.05) is 57.2 Å². The van der Waals surface area contributed by atoms with Gasteiger partial charge in [-0.05, 0) is 45.3 Å². The van der Waals surface area contributed by atoms with Gasteiger partial charge in [0.25, 0.3) is 0 Å². The maximum atomic E-state index is 12.7. The maximum absolute atomic E-state index is 12.7. The van der Waals surface area contributed by atoms with E-state index in [-0.39, 0.29) is 42.7 Å². The van der Waals surface area contributed by atoms with E-state index in [4.69, 9.17) is 14.2 Å². The zero-order valence-electron chi connectivity index (χ0n) is 24.4. The van der Waals surface area contributed by atoms with E-state index in [2.05, 4.69) is 6.58 Å². The number of Topliss-reactive ketones (excluding diaryl/α,β-unsaturated/α-hetero) is 1. The van der Waals surface area contributed by atoms with Gasteiger partial charge in [0.2, 0.25) is 0 Å². The number of epoxide rings is 1. The Labute approximate surface area is 232 Å². The summed E-state index contributed by atoms with van der Waals surface area (Å²) >= 11 is 0. The van der Waals surface area contributed by atoms with Crippen molar-refractivity contribution in [2.75, 3.05) is 0 Å². The number of cyclic esters (lactones) is 1. The summed E-state index contributed by atoms with van der Waals surface area (Å²) in [6.45, 7) is 15.9. The van der Waals surface area contributed by atoms with Gasteiger partial charge in [0.05, 0.1) is 24.2 Å². The van der Waals surface area contributed by atoms with Crippen molar-refractivity contribution >= 4 is 17.7 Å². The molecule has 1 fully saturated rings. The van der Waals surface area contributed by atoms with Gasteiger partial charge < -0.3 is 24.4 Å². The predicted octanol–water partition coefficient (Wildman–Crippen LogP) is 4.54. The summed E-state index contributed by atoms with van der Waals surface area (Å²) < 4.78 is 16.9. The van der Waals surface area contributed by atoms with Crippen LogP contribution in [0.2, 0.25) is 0 Å². The first-order valence-electron chi connectivity index (χ1n) is 13.8. The average molecular weight is 547 g/mol. The molecule has 0 bridgehead atoms. The van der Waals surface area contributed by atoms with Crippen molar-refractivity contribution in [3.8, 4) is 0 Å². The molecule has 39 heavy (non-hydrogen) atoms. The minimum Gasteiger partial charge on any atom is -0.457 e. The lowest BCUT2D eigenvalue weighted by Crippen LogP contribution is -2.41. The summed E-state index contributed by atoms with van der Waals surface area (Å²) in [7, 11) is 0. The molecule has 2 aliphatic rings. The molecule has 2 N–H and O–H groups in total. The second-order valence-electron chi connectivity index (χ2n) is 11.5. The van der Waals surface area contributed by atoms with Crippen LogP contribution >= 0.6 is 0 Å². The molecule has 0 aromatic carbocycles. The average Bonchev–Trinajstić information content (AvgIpc) is 3.59. The monoisotopic (exact) mass is 546 g/mol. The molecule has 1 saturated heterocycles. The van der Waals surface area contributed by atoms with Crippen molar-refractivity contribution < 1.29 is 38.8 Å². The SMILES string of the molecule is C=C1CC[C@@](C)(O)[C@@H](OC(C)=O)/C=C/[C@H](C)[C@@H](/C(C)=C/C=C/[C@](C)(O)C[C@H]2O[C@@H]2[C@H](C)C(=O)CC)OC(=O)C1. The molecular weight excluding hydrogens is 500 g/mol. The van der Waals surface area contributed by atoms with Crippen LogP contribution in [0.25, 0.3) is 0 Å². The van der Waals surface area contributed by atoms with Crippen LogP contribution < -0.4 is 0 Å². The fourth-order valence-corrected chi connectivity index (χ4v) is 4.84. The summed E-state index contributed by atoms with van der Waals surface area (Å²) in [4.78, 5) is 36.3. The lowest BCUT2D eigenvalue weighted by atomic mass is 9.88. The highest BCUT2D eigenvalue weighted by Crippen LogP contribution is 2.36. The highest BCUT2D eigenvalue weighted by Gasteiger charge is 2.47. The van der Waals surface area contributed by atoms with E-state index in [0.717, 1.165) is 5.57 Å². The predicted molar refractivity (Wildman–Crippen MR) is 149 cm³/mol. The molecule has 8 heteroatoms. The van der Waals surface area contributed by atoms with E-state index in [1.807, 2.05) is 27.7 Å². The van der Waals surface area contributed by atoms with Crippen LogP contribution in [-0.4, -0.2) is 63.6 Å². The van der Waals surface area contributed by atoms with Crippen molar-refractivity contribution in [2.24, 2.45) is 11.8 Å². The number of hydrogen-bond donors (Lipinski definition) is 2. The molecule has 0 spiro atoms. The van der Waals surface area contributed by atoms with Gasteiger partial charge in [-0.25, -0.2) is 0 Å². The number of aliphatic hydroxyl groups is 2. The van der Waals surface area contributed by atoms with Gasteiger partial charge in [-0.15, -0.1) is 0 Å². The van der Waals surface area contributed by atoms with E-state index < -0.39 is 35.3 Å². The number of esters is 2. The summed E-state index contributed by atoms with van der Waals surface area (Å²) in [6, 6.07) is 0. The van der Waals surface area contributed by atoms with E-state index in [1.54, 1.807) is 44.2 Å². The molecular formula is C31H46O8. The van der Waals surface area contributed by atoms with E-state index >= 15 is 0 Å². The normalized spacial score (nSPS) is 33.8. The molecule has 0 amide bonds. The van der Waals surface area contributed by atoms with Gasteiger partial charge in [-0.2, -0.15) is 0 Å². The molecule has 8 nitrogen and oxygen atoms in total. The van der Waals surface area contributed by atoms with E-state index in [0.29, 0.717) is 24.8 Å². The molecule has 2 rings (SSSR count). The third kappa shape index (κ3) is 10.2. The topological polar surface area (TPSA) is 123 Å². The van der Waals surface area contributed by atoms with Crippen molar-refractivity contribution in [2.45, 2.75) is 116 Å². The largest absolute Gasteiger partial charge is 0.457 e. The smallest absolute Gasteiger partial charge is 0.310 e. The summed E-state index contributed by atoms with van der Waals surface area (Å²) in [5.41, 5.74) is -1.13. The molecule has 0 unspecified atom stereocenters. The lowest BCUT2D eigenvalue weighted by molar-refractivity contribution is -0.156. The van der Waals surface area contributed by atoms with Crippen molar-refractivity contribution in [1.82, 2.24) is 0 Å². The highest BCUT2D eigenvalue weighted by atomic mass is 16.6. The number of allylic oxidation sites excluding steroid dienone is 2. The van der Waals surface area contributed by atoms with Crippen LogP contribution in [0.15, 0.2) is 48.1 Å². The Morgan fingerprint density at radius 3 is 2.62 bits per heavy atom. The van der Waals surface area contributed by atoms with Crippen molar-refractivity contribution in [3.05, 3.63) is 48.1 Å². The zero-order valence-corrected chi connectivity index (χ0v) is 24.4. The number of carbonyl (C=O) groups excluding carboxylic acids is 3.